The highest BCUT2D eigenvalue weighted by Gasteiger charge is 2.21. The van der Waals surface area contributed by atoms with Gasteiger partial charge in [0.1, 0.15) is 0 Å². The summed E-state index contributed by atoms with van der Waals surface area (Å²) in [5.74, 6) is 0. The Kier molecular flexibility index (Phi) is 4.33. The first-order chi connectivity index (χ1) is 11.4. The largest absolute Gasteiger partial charge is 0.451 e. The summed E-state index contributed by atoms with van der Waals surface area (Å²) in [6.45, 7) is 15.7. The molecule has 0 spiro atoms. The molecule has 0 amide bonds. The molecule has 1 aliphatic heterocycles. The summed E-state index contributed by atoms with van der Waals surface area (Å²) in [4.78, 5) is 8.19. The van der Waals surface area contributed by atoms with Crippen molar-refractivity contribution >= 4 is 34.0 Å². The topological polar surface area (TPSA) is 21.6 Å². The zero-order valence-electron chi connectivity index (χ0n) is 14.5. The van der Waals surface area contributed by atoms with Crippen molar-refractivity contribution in [3.05, 3.63) is 81.1 Å². The summed E-state index contributed by atoms with van der Waals surface area (Å²) in [5.41, 5.74) is 10.1. The molecule has 117 valence electrons. The Balaban J connectivity index is 2.33. The van der Waals surface area contributed by atoms with Crippen molar-refractivity contribution in [3.8, 4) is 0 Å². The predicted molar refractivity (Wildman–Crippen MR) is 102 cm³/mol. The summed E-state index contributed by atoms with van der Waals surface area (Å²) in [6, 6.07) is 7.80. The molecule has 3 rings (SSSR count). The number of aryl methyl sites for hydroxylation is 1. The maximum absolute atomic E-state index is 7.16. The average Bonchev–Trinajstić information content (AvgIpc) is 3.03. The number of hydrogen-bond acceptors (Lipinski definition) is 1. The fourth-order valence-electron chi connectivity index (χ4n) is 3.01. The second-order valence-electron chi connectivity index (χ2n) is 6.20. The third-order valence-corrected chi connectivity index (χ3v) is 5.17. The molecule has 4 heteroatoms. The van der Waals surface area contributed by atoms with Crippen LogP contribution in [0.15, 0.2) is 52.3 Å². The lowest BCUT2D eigenvalue weighted by atomic mass is 9.94. The summed E-state index contributed by atoms with van der Waals surface area (Å²) in [5, 5.41) is 0. The Morgan fingerprint density at radius 1 is 1.12 bits per heavy atom. The standard InChI is InChI=1S/C20H18N3.Al.H/c1-12-10-22-19(14(12)3)18(20-15(4)13(2)11-23-20)16-6-8-17(21-5)9-7-16;;/h6-11H,1-4H3;;/q-1;+1;. The van der Waals surface area contributed by atoms with E-state index in [1.807, 2.05) is 47.0 Å². The van der Waals surface area contributed by atoms with Crippen molar-refractivity contribution in [1.29, 1.82) is 0 Å². The van der Waals surface area contributed by atoms with Gasteiger partial charge in [-0.05, 0) is 61.7 Å². The highest BCUT2D eigenvalue weighted by Crippen LogP contribution is 2.37. The second kappa shape index (κ2) is 6.29. The van der Waals surface area contributed by atoms with Crippen LogP contribution in [0, 0.1) is 20.4 Å². The van der Waals surface area contributed by atoms with Crippen LogP contribution in [0.25, 0.3) is 10.4 Å². The Bertz CT molecular complexity index is 948. The van der Waals surface area contributed by atoms with Crippen molar-refractivity contribution in [2.24, 2.45) is 4.99 Å². The molecular weight excluding hydrogens is 309 g/mol. The monoisotopic (exact) mass is 328 g/mol. The number of nitrogens with zero attached hydrogens (tertiary/aromatic N) is 3. The molecule has 0 N–H and O–H groups in total. The van der Waals surface area contributed by atoms with Gasteiger partial charge in [-0.1, -0.05) is 24.3 Å². The second-order valence-corrected chi connectivity index (χ2v) is 6.89. The molecule has 1 aliphatic rings. The molecule has 1 aromatic carbocycles. The minimum atomic E-state index is 0.656. The molecule has 1 radical (unpaired) electrons. The molecule has 0 bridgehead atoms. The van der Waals surface area contributed by atoms with Crippen LogP contribution >= 0.6 is 0 Å². The average molecular weight is 328 g/mol. The zero-order chi connectivity index (χ0) is 17.4. The van der Waals surface area contributed by atoms with Gasteiger partial charge < -0.3 is 3.55 Å². The van der Waals surface area contributed by atoms with Gasteiger partial charge in [0, 0.05) is 17.5 Å². The van der Waals surface area contributed by atoms with Gasteiger partial charge in [0.05, 0.1) is 12.3 Å². The fraction of sp³-hybridized carbons (Fsp3) is 0.200. The number of aromatic nitrogens is 1. The maximum Gasteiger partial charge on any atom is 0.348 e. The molecule has 0 saturated carbocycles. The van der Waals surface area contributed by atoms with Crippen LogP contribution in [0.2, 0.25) is 0 Å². The predicted octanol–water partition coefficient (Wildman–Crippen LogP) is 4.50. The van der Waals surface area contributed by atoms with Crippen molar-refractivity contribution in [1.82, 2.24) is 3.55 Å². The first-order valence-electron chi connectivity index (χ1n) is 7.88. The molecule has 0 aliphatic carbocycles. The normalized spacial score (nSPS) is 15.8. The van der Waals surface area contributed by atoms with Gasteiger partial charge in [-0.15, -0.1) is 0 Å². The van der Waals surface area contributed by atoms with E-state index in [4.69, 9.17) is 11.6 Å². The number of allylic oxidation sites excluding steroid dienone is 2. The number of aliphatic imine (C=N–C) groups is 1. The van der Waals surface area contributed by atoms with Crippen molar-refractivity contribution in [2.45, 2.75) is 27.7 Å². The first-order valence-corrected chi connectivity index (χ1v) is 8.51. The van der Waals surface area contributed by atoms with E-state index in [1.54, 1.807) is 0 Å². The van der Waals surface area contributed by atoms with Crippen LogP contribution in [0.1, 0.15) is 36.2 Å². The molecule has 2 heterocycles. The summed E-state index contributed by atoms with van der Waals surface area (Å²) < 4.78 is 2.20. The summed E-state index contributed by atoms with van der Waals surface area (Å²) >= 11 is 1.85. The zero-order valence-corrected chi connectivity index (χ0v) is 15.9. The smallest absolute Gasteiger partial charge is 0.348 e. The Labute approximate surface area is 151 Å². The quantitative estimate of drug-likeness (QED) is 0.572. The van der Waals surface area contributed by atoms with Crippen LogP contribution in [-0.2, 0) is 0 Å². The highest BCUT2D eigenvalue weighted by atomic mass is 27.1. The van der Waals surface area contributed by atoms with Crippen LogP contribution in [-0.4, -0.2) is 26.3 Å². The minimum absolute atomic E-state index is 0.656. The van der Waals surface area contributed by atoms with E-state index in [0.717, 1.165) is 16.8 Å². The number of benzene rings is 1. The molecular formula is C20H19AlN3. The van der Waals surface area contributed by atoms with Gasteiger partial charge in [0.15, 0.2) is 5.69 Å². The van der Waals surface area contributed by atoms with Crippen molar-refractivity contribution < 1.29 is 0 Å². The summed E-state index contributed by atoms with van der Waals surface area (Å²) in [7, 11) is 0. The first kappa shape index (κ1) is 16.5. The van der Waals surface area contributed by atoms with E-state index in [-0.39, 0.29) is 0 Å². The Hall–Kier alpha value is -2.33. The number of rotatable bonds is 2. The van der Waals surface area contributed by atoms with Crippen molar-refractivity contribution in [3.63, 3.8) is 0 Å². The third-order valence-electron chi connectivity index (χ3n) is 4.68. The fourth-order valence-corrected chi connectivity index (χ4v) is 3.68. The third kappa shape index (κ3) is 2.67. The minimum Gasteiger partial charge on any atom is -0.451 e. The maximum atomic E-state index is 7.16. The Morgan fingerprint density at radius 2 is 1.79 bits per heavy atom. The van der Waals surface area contributed by atoms with E-state index >= 15 is 0 Å². The van der Waals surface area contributed by atoms with E-state index < -0.39 is 0 Å². The lowest BCUT2D eigenvalue weighted by molar-refractivity contribution is 1.18. The van der Waals surface area contributed by atoms with E-state index in [0.29, 0.717) is 5.69 Å². The summed E-state index contributed by atoms with van der Waals surface area (Å²) in [6.07, 6.45) is 4.10. The number of hydrogen-bond donors (Lipinski definition) is 0. The van der Waals surface area contributed by atoms with E-state index in [1.165, 1.54) is 28.0 Å². The van der Waals surface area contributed by atoms with Gasteiger partial charge in [-0.2, -0.15) is 0 Å². The van der Waals surface area contributed by atoms with Gasteiger partial charge >= 0.3 is 16.5 Å². The molecule has 0 unspecified atom stereocenters. The molecule has 0 saturated heterocycles. The molecule has 24 heavy (non-hydrogen) atoms. The van der Waals surface area contributed by atoms with Gasteiger partial charge in [-0.25, -0.2) is 4.85 Å². The lowest BCUT2D eigenvalue weighted by Crippen LogP contribution is -2.03. The molecule has 1 aromatic heterocycles. The van der Waals surface area contributed by atoms with Crippen molar-refractivity contribution in [2.75, 3.05) is 0 Å². The van der Waals surface area contributed by atoms with Crippen LogP contribution in [0.4, 0.5) is 5.69 Å². The van der Waals surface area contributed by atoms with Crippen LogP contribution in [0.5, 0.6) is 0 Å². The molecule has 3 nitrogen and oxygen atoms in total. The van der Waals surface area contributed by atoms with Crippen LogP contribution in [0.3, 0.4) is 0 Å². The molecule has 2 aromatic rings. The van der Waals surface area contributed by atoms with E-state index in [2.05, 4.69) is 42.3 Å². The SMILES string of the molecule is [C-]#[N+]c1ccc(C(=C2N=CC(C)=C2C)c2c(C)c(C)c[n]2[AlH])cc1. The van der Waals surface area contributed by atoms with Gasteiger partial charge in [0.2, 0.25) is 0 Å². The van der Waals surface area contributed by atoms with E-state index in [9.17, 15) is 0 Å². The molecule has 0 atom stereocenters. The lowest BCUT2D eigenvalue weighted by Gasteiger charge is -2.16. The van der Waals surface area contributed by atoms with Crippen LogP contribution < -0.4 is 0 Å². The van der Waals surface area contributed by atoms with Gasteiger partial charge in [0.25, 0.3) is 0 Å². The Morgan fingerprint density at radius 3 is 2.25 bits per heavy atom. The highest BCUT2D eigenvalue weighted by molar-refractivity contribution is 6.09. The van der Waals surface area contributed by atoms with Gasteiger partial charge in [-0.3, -0.25) is 4.99 Å². The molecule has 0 fully saturated rings.